The van der Waals surface area contributed by atoms with Gasteiger partial charge in [0.25, 0.3) is 17.4 Å². The molecule has 9 heteroatoms. The summed E-state index contributed by atoms with van der Waals surface area (Å²) in [5.74, 6) is -1.13. The topological polar surface area (TPSA) is 136 Å². The van der Waals surface area contributed by atoms with Crippen LogP contribution in [-0.2, 0) is 12.6 Å². The first kappa shape index (κ1) is 23.0. The molecule has 4 aromatic rings. The van der Waals surface area contributed by atoms with Crippen molar-refractivity contribution < 1.29 is 19.9 Å². The number of aryl methyl sites for hydroxylation is 1. The molecule has 0 spiro atoms. The minimum absolute atomic E-state index is 0.190. The monoisotopic (exact) mass is 460 g/mol. The van der Waals surface area contributed by atoms with Gasteiger partial charge in [-0.2, -0.15) is 0 Å². The molecule has 0 aliphatic heterocycles. The zero-order valence-corrected chi connectivity index (χ0v) is 18.8. The third-order valence-electron chi connectivity index (χ3n) is 5.60. The molecule has 9 nitrogen and oxygen atoms in total. The zero-order valence-electron chi connectivity index (χ0n) is 18.8. The maximum Gasteiger partial charge on any atom is 0.274 e. The number of carbonyl (C=O) groups is 2. The second-order valence-corrected chi connectivity index (χ2v) is 8.54. The van der Waals surface area contributed by atoms with Crippen LogP contribution in [0.25, 0.3) is 22.0 Å². The number of fused-ring (bicyclic) bond motifs is 1. The number of benzene rings is 2. The molecule has 2 aromatic carbocycles. The third-order valence-corrected chi connectivity index (χ3v) is 5.60. The summed E-state index contributed by atoms with van der Waals surface area (Å²) in [5, 5.41) is 22.4. The van der Waals surface area contributed by atoms with E-state index in [0.717, 1.165) is 16.7 Å². The highest BCUT2D eigenvalue weighted by atomic mass is 16.5. The van der Waals surface area contributed by atoms with E-state index in [1.807, 2.05) is 24.3 Å². The zero-order chi connectivity index (χ0) is 24.6. The van der Waals surface area contributed by atoms with Crippen LogP contribution in [0.2, 0.25) is 0 Å². The van der Waals surface area contributed by atoms with Crippen molar-refractivity contribution in [1.29, 1.82) is 0 Å². The molecule has 5 N–H and O–H groups in total. The maximum atomic E-state index is 12.9. The van der Waals surface area contributed by atoms with Gasteiger partial charge in [0, 0.05) is 35.4 Å². The average Bonchev–Trinajstić information content (AvgIpc) is 3.27. The summed E-state index contributed by atoms with van der Waals surface area (Å²) in [5.41, 5.74) is 3.62. The molecule has 174 valence electrons. The van der Waals surface area contributed by atoms with Crippen molar-refractivity contribution in [3.05, 3.63) is 88.0 Å². The number of hydrogen-bond acceptors (Lipinski definition) is 5. The lowest BCUT2D eigenvalue weighted by molar-refractivity contribution is 0.0706. The fourth-order valence-corrected chi connectivity index (χ4v) is 3.72. The fourth-order valence-electron chi connectivity index (χ4n) is 3.72. The number of aliphatic hydroxyl groups is 1. The third kappa shape index (κ3) is 4.34. The van der Waals surface area contributed by atoms with E-state index in [1.165, 1.54) is 28.8 Å². The Morgan fingerprint density at radius 3 is 2.38 bits per heavy atom. The average molecular weight is 460 g/mol. The number of hydrogen-bond donors (Lipinski definition) is 5. The molecule has 2 aromatic heterocycles. The summed E-state index contributed by atoms with van der Waals surface area (Å²) in [7, 11) is 1.63. The van der Waals surface area contributed by atoms with Crippen LogP contribution >= 0.6 is 0 Å². The number of aromatic nitrogens is 2. The lowest BCUT2D eigenvalue weighted by Gasteiger charge is -2.19. The first-order valence-electron chi connectivity index (χ1n) is 10.5. The Balaban J connectivity index is 1.73. The van der Waals surface area contributed by atoms with Crippen LogP contribution in [0.3, 0.4) is 0 Å². The van der Waals surface area contributed by atoms with Crippen molar-refractivity contribution in [3.63, 3.8) is 0 Å². The van der Waals surface area contributed by atoms with Crippen molar-refractivity contribution in [2.45, 2.75) is 19.4 Å². The van der Waals surface area contributed by atoms with Gasteiger partial charge in [0.2, 0.25) is 0 Å². The quantitative estimate of drug-likeness (QED) is 0.230. The van der Waals surface area contributed by atoms with Gasteiger partial charge in [-0.25, -0.2) is 5.48 Å². The Hall–Kier alpha value is -4.21. The predicted molar refractivity (Wildman–Crippen MR) is 128 cm³/mol. The van der Waals surface area contributed by atoms with Gasteiger partial charge in [-0.3, -0.25) is 19.6 Å². The molecular formula is C25H24N4O5. The molecule has 0 bridgehead atoms. The Morgan fingerprint density at radius 1 is 1.03 bits per heavy atom. The van der Waals surface area contributed by atoms with Gasteiger partial charge < -0.3 is 20.0 Å². The van der Waals surface area contributed by atoms with Crippen molar-refractivity contribution >= 4 is 28.4 Å². The van der Waals surface area contributed by atoms with Crippen LogP contribution < -0.4 is 16.4 Å². The fraction of sp³-hybridized carbons (Fsp3) is 0.160. The molecule has 4 rings (SSSR count). The number of anilines is 1. The van der Waals surface area contributed by atoms with Crippen molar-refractivity contribution in [2.75, 3.05) is 5.32 Å². The van der Waals surface area contributed by atoms with Crippen LogP contribution in [0.5, 0.6) is 0 Å². The molecule has 2 amide bonds. The normalized spacial score (nSPS) is 11.4. The number of carbonyl (C=O) groups excluding carboxylic acids is 2. The van der Waals surface area contributed by atoms with E-state index in [-0.39, 0.29) is 22.3 Å². The Labute approximate surface area is 194 Å². The van der Waals surface area contributed by atoms with E-state index in [9.17, 15) is 19.5 Å². The van der Waals surface area contributed by atoms with E-state index in [2.05, 4.69) is 10.3 Å². The van der Waals surface area contributed by atoms with Crippen molar-refractivity contribution in [1.82, 2.24) is 15.0 Å². The van der Waals surface area contributed by atoms with Crippen LogP contribution in [0.4, 0.5) is 5.69 Å². The largest absolute Gasteiger partial charge is 0.386 e. The van der Waals surface area contributed by atoms with Crippen LogP contribution in [0.15, 0.2) is 65.6 Å². The summed E-state index contributed by atoms with van der Waals surface area (Å²) >= 11 is 0. The lowest BCUT2D eigenvalue weighted by atomic mass is 9.94. The number of H-pyrrole nitrogens is 1. The van der Waals surface area contributed by atoms with Crippen LogP contribution in [-0.4, -0.2) is 31.7 Å². The van der Waals surface area contributed by atoms with E-state index in [0.29, 0.717) is 11.1 Å². The SMILES string of the molecule is Cn1cc(-c2cccc(C(C)(C)O)c2)c2cc(C(=O)Nc3ccc(C(=O)NO)cc3)[nH]c2c1=O. The molecule has 0 radical (unpaired) electrons. The second kappa shape index (κ2) is 8.62. The molecule has 0 saturated carbocycles. The highest BCUT2D eigenvalue weighted by molar-refractivity contribution is 6.08. The molecule has 0 fully saturated rings. The molecule has 2 heterocycles. The van der Waals surface area contributed by atoms with Gasteiger partial charge in [0.1, 0.15) is 11.2 Å². The Kier molecular flexibility index (Phi) is 5.82. The van der Waals surface area contributed by atoms with Gasteiger partial charge in [-0.15, -0.1) is 0 Å². The maximum absolute atomic E-state index is 12.9. The highest BCUT2D eigenvalue weighted by Gasteiger charge is 2.19. The number of amides is 2. The molecule has 34 heavy (non-hydrogen) atoms. The van der Waals surface area contributed by atoms with Gasteiger partial charge in [0.15, 0.2) is 0 Å². The van der Waals surface area contributed by atoms with E-state index in [4.69, 9.17) is 5.21 Å². The van der Waals surface area contributed by atoms with Gasteiger partial charge in [-0.1, -0.05) is 18.2 Å². The smallest absolute Gasteiger partial charge is 0.274 e. The number of rotatable bonds is 5. The summed E-state index contributed by atoms with van der Waals surface area (Å²) in [6, 6.07) is 15.0. The molecule has 0 saturated heterocycles. The second-order valence-electron chi connectivity index (χ2n) is 8.54. The Morgan fingerprint density at radius 2 is 1.74 bits per heavy atom. The Bertz CT molecular complexity index is 1460. The summed E-state index contributed by atoms with van der Waals surface area (Å²) in [6.45, 7) is 3.40. The number of hydroxylamine groups is 1. The number of pyridine rings is 1. The minimum atomic E-state index is -1.04. The summed E-state index contributed by atoms with van der Waals surface area (Å²) in [6.07, 6.45) is 1.70. The van der Waals surface area contributed by atoms with Gasteiger partial charge in [0.05, 0.1) is 5.60 Å². The van der Waals surface area contributed by atoms with Gasteiger partial charge in [-0.05, 0) is 61.4 Å². The van der Waals surface area contributed by atoms with E-state index in [1.54, 1.807) is 38.6 Å². The van der Waals surface area contributed by atoms with Crippen molar-refractivity contribution in [3.8, 4) is 11.1 Å². The molecule has 0 unspecified atom stereocenters. The summed E-state index contributed by atoms with van der Waals surface area (Å²) < 4.78 is 1.44. The van der Waals surface area contributed by atoms with Gasteiger partial charge >= 0.3 is 0 Å². The highest BCUT2D eigenvalue weighted by Crippen LogP contribution is 2.31. The molecular weight excluding hydrogens is 436 g/mol. The van der Waals surface area contributed by atoms with E-state index >= 15 is 0 Å². The molecule has 0 aliphatic carbocycles. The van der Waals surface area contributed by atoms with Crippen molar-refractivity contribution in [2.24, 2.45) is 7.05 Å². The first-order chi connectivity index (χ1) is 16.1. The minimum Gasteiger partial charge on any atom is -0.386 e. The molecule has 0 atom stereocenters. The van der Waals surface area contributed by atoms with Crippen LogP contribution in [0, 0.1) is 0 Å². The standard InChI is InChI=1S/C25H24N4O5/c1-25(2,33)16-6-4-5-15(11-16)19-13-29(3)24(32)21-18(19)12-20(27-21)23(31)26-17-9-7-14(8-10-17)22(30)28-34/h4-13,27,33-34H,1-3H3,(H,26,31)(H,28,30). The van der Waals surface area contributed by atoms with Crippen LogP contribution in [0.1, 0.15) is 40.3 Å². The van der Waals surface area contributed by atoms with E-state index < -0.39 is 17.4 Å². The number of nitrogens with one attached hydrogen (secondary N) is 3. The lowest BCUT2D eigenvalue weighted by Crippen LogP contribution is -2.18. The number of aromatic amines is 1. The first-order valence-corrected chi connectivity index (χ1v) is 10.5. The number of nitrogens with zero attached hydrogens (tertiary/aromatic N) is 1. The predicted octanol–water partition coefficient (Wildman–Crippen LogP) is 3.13. The summed E-state index contributed by atoms with van der Waals surface area (Å²) in [4.78, 5) is 40.0. The molecule has 0 aliphatic rings.